The lowest BCUT2D eigenvalue weighted by molar-refractivity contribution is -0.117. The maximum atomic E-state index is 12.8. The van der Waals surface area contributed by atoms with Crippen LogP contribution in [-0.4, -0.2) is 38.1 Å². The molecule has 1 unspecified atom stereocenters. The lowest BCUT2D eigenvalue weighted by Crippen LogP contribution is -2.44. The minimum Gasteiger partial charge on any atom is -0.324 e. The number of amides is 1. The van der Waals surface area contributed by atoms with E-state index in [0.717, 1.165) is 23.9 Å². The van der Waals surface area contributed by atoms with E-state index in [1.807, 2.05) is 24.5 Å². The fraction of sp³-hybridized carbons (Fsp3) is 0.421. The first kappa shape index (κ1) is 19.2. The van der Waals surface area contributed by atoms with E-state index in [2.05, 4.69) is 22.2 Å². The normalized spacial score (nSPS) is 14.5. The summed E-state index contributed by atoms with van der Waals surface area (Å²) in [6.45, 7) is 1.56. The van der Waals surface area contributed by atoms with E-state index in [4.69, 9.17) is 0 Å². The van der Waals surface area contributed by atoms with Crippen molar-refractivity contribution in [3.05, 3.63) is 41.5 Å². The molecule has 0 bridgehead atoms. The Morgan fingerprint density at radius 3 is 2.62 bits per heavy atom. The molecule has 1 aliphatic rings. The number of rotatable bonds is 8. The molecule has 140 valence electrons. The highest BCUT2D eigenvalue weighted by Gasteiger charge is 2.24. The van der Waals surface area contributed by atoms with Crippen LogP contribution in [-0.2, 0) is 27.7 Å². The summed E-state index contributed by atoms with van der Waals surface area (Å²) in [5, 5.41) is 5.19. The highest BCUT2D eigenvalue weighted by atomic mass is 32.2. The summed E-state index contributed by atoms with van der Waals surface area (Å²) < 4.78 is 26.4. The number of hydrogen-bond acceptors (Lipinski definition) is 4. The van der Waals surface area contributed by atoms with E-state index in [1.165, 1.54) is 16.5 Å². The van der Waals surface area contributed by atoms with Gasteiger partial charge in [0.25, 0.3) is 0 Å². The predicted molar refractivity (Wildman–Crippen MR) is 109 cm³/mol. The molecule has 0 fully saturated rings. The Hall–Kier alpha value is -1.57. The molecule has 0 spiro atoms. The molecule has 0 aliphatic heterocycles. The zero-order valence-corrected chi connectivity index (χ0v) is 16.7. The zero-order valence-electron chi connectivity index (χ0n) is 15.0. The minimum absolute atomic E-state index is 0.0446. The fourth-order valence-electron chi connectivity index (χ4n) is 3.35. The molecule has 0 heterocycles. The number of carbonyl (C=O) groups is 1. The Morgan fingerprint density at radius 2 is 1.92 bits per heavy atom. The molecular formula is C19H24N2O3S2. The Balaban J connectivity index is 1.87. The van der Waals surface area contributed by atoms with E-state index in [1.54, 1.807) is 18.7 Å². The molecular weight excluding hydrogens is 368 g/mol. The van der Waals surface area contributed by atoms with Crippen molar-refractivity contribution in [2.45, 2.75) is 32.2 Å². The van der Waals surface area contributed by atoms with E-state index >= 15 is 0 Å². The van der Waals surface area contributed by atoms with Crippen molar-refractivity contribution in [2.24, 2.45) is 0 Å². The second-order valence-electron chi connectivity index (χ2n) is 6.46. The molecule has 0 radical (unpaired) electrons. The van der Waals surface area contributed by atoms with Gasteiger partial charge in [0.2, 0.25) is 15.9 Å². The number of hydrogen-bond donors (Lipinski definition) is 2. The van der Waals surface area contributed by atoms with E-state index in [9.17, 15) is 13.2 Å². The first-order valence-electron chi connectivity index (χ1n) is 8.78. The minimum atomic E-state index is -3.45. The molecule has 2 aromatic carbocycles. The van der Waals surface area contributed by atoms with Crippen molar-refractivity contribution in [3.63, 3.8) is 0 Å². The van der Waals surface area contributed by atoms with Crippen LogP contribution in [0, 0.1) is 0 Å². The van der Waals surface area contributed by atoms with E-state index < -0.39 is 16.1 Å². The van der Waals surface area contributed by atoms with Gasteiger partial charge in [-0.1, -0.05) is 24.3 Å². The third kappa shape index (κ3) is 4.05. The van der Waals surface area contributed by atoms with Crippen molar-refractivity contribution in [1.29, 1.82) is 0 Å². The van der Waals surface area contributed by atoms with Gasteiger partial charge in [-0.25, -0.2) is 13.1 Å². The van der Waals surface area contributed by atoms with Gasteiger partial charge in [0.1, 0.15) is 6.04 Å². The lowest BCUT2D eigenvalue weighted by Gasteiger charge is -2.19. The van der Waals surface area contributed by atoms with Crippen LogP contribution >= 0.6 is 11.8 Å². The van der Waals surface area contributed by atoms with Crippen molar-refractivity contribution >= 4 is 44.2 Å². The molecule has 0 saturated heterocycles. The van der Waals surface area contributed by atoms with Crippen molar-refractivity contribution in [1.82, 2.24) is 4.72 Å². The van der Waals surface area contributed by atoms with Crippen molar-refractivity contribution in [3.8, 4) is 0 Å². The second-order valence-corrected chi connectivity index (χ2v) is 9.48. The van der Waals surface area contributed by atoms with Crippen LogP contribution in [0.4, 0.5) is 5.69 Å². The lowest BCUT2D eigenvalue weighted by atomic mass is 10.0. The Labute approximate surface area is 159 Å². The number of anilines is 1. The van der Waals surface area contributed by atoms with Gasteiger partial charge < -0.3 is 5.32 Å². The van der Waals surface area contributed by atoms with Gasteiger partial charge in [0.15, 0.2) is 0 Å². The summed E-state index contributed by atoms with van der Waals surface area (Å²) in [4.78, 5) is 12.8. The van der Waals surface area contributed by atoms with Gasteiger partial charge in [0, 0.05) is 11.1 Å². The van der Waals surface area contributed by atoms with Crippen LogP contribution in [0.1, 0.15) is 24.5 Å². The first-order chi connectivity index (χ1) is 12.4. The van der Waals surface area contributed by atoms with Gasteiger partial charge in [-0.15, -0.1) is 0 Å². The van der Waals surface area contributed by atoms with Crippen LogP contribution in [0.3, 0.4) is 0 Å². The monoisotopic (exact) mass is 392 g/mol. The third-order valence-corrected chi connectivity index (χ3v) is 6.81. The summed E-state index contributed by atoms with van der Waals surface area (Å²) >= 11 is 1.59. The largest absolute Gasteiger partial charge is 0.324 e. The predicted octanol–water partition coefficient (Wildman–Crippen LogP) is 2.94. The van der Waals surface area contributed by atoms with Crippen LogP contribution in [0.25, 0.3) is 10.8 Å². The van der Waals surface area contributed by atoms with E-state index in [0.29, 0.717) is 12.2 Å². The average Bonchev–Trinajstić information content (AvgIpc) is 3.05. The molecule has 2 N–H and O–H groups in total. The molecule has 2 aromatic rings. The molecule has 1 atom stereocenters. The molecule has 0 saturated carbocycles. The van der Waals surface area contributed by atoms with Gasteiger partial charge in [-0.2, -0.15) is 11.8 Å². The topological polar surface area (TPSA) is 75.3 Å². The number of aryl methyl sites for hydroxylation is 2. The summed E-state index contributed by atoms with van der Waals surface area (Å²) in [7, 11) is -3.45. The van der Waals surface area contributed by atoms with Gasteiger partial charge >= 0.3 is 0 Å². The first-order valence-corrected chi connectivity index (χ1v) is 11.8. The van der Waals surface area contributed by atoms with E-state index in [-0.39, 0.29) is 11.7 Å². The van der Waals surface area contributed by atoms with Gasteiger partial charge in [-0.05, 0) is 60.8 Å². The summed E-state index contributed by atoms with van der Waals surface area (Å²) in [5.74, 6) is 0.348. The van der Waals surface area contributed by atoms with Crippen LogP contribution in [0.5, 0.6) is 0 Å². The maximum absolute atomic E-state index is 12.8. The maximum Gasteiger partial charge on any atom is 0.242 e. The highest BCUT2D eigenvalue weighted by Crippen LogP contribution is 2.35. The Morgan fingerprint density at radius 1 is 1.19 bits per heavy atom. The standard InChI is InChI=1S/C19H24N2O3S2/c1-3-26(23,24)21-17(11-12-25-2)19(22)20-16-10-9-14-8-7-13-5-4-6-15(16)18(13)14/h4-6,9-10,17,21H,3,7-8,11-12H2,1-2H3,(H,20,22). The zero-order chi connectivity index (χ0) is 18.7. The van der Waals surface area contributed by atoms with Crippen molar-refractivity contribution < 1.29 is 13.2 Å². The quantitative estimate of drug-likeness (QED) is 0.724. The summed E-state index contributed by atoms with van der Waals surface area (Å²) in [6.07, 6.45) is 4.44. The number of benzene rings is 2. The number of nitrogens with one attached hydrogen (secondary N) is 2. The molecule has 0 aromatic heterocycles. The Bertz CT molecular complexity index is 916. The van der Waals surface area contributed by atoms with Gasteiger partial charge in [0.05, 0.1) is 5.75 Å². The number of carbonyl (C=O) groups excluding carboxylic acids is 1. The average molecular weight is 393 g/mol. The molecule has 3 rings (SSSR count). The molecule has 1 amide bonds. The summed E-state index contributed by atoms with van der Waals surface area (Å²) in [5.41, 5.74) is 3.35. The molecule has 1 aliphatic carbocycles. The molecule has 7 heteroatoms. The SMILES string of the molecule is CCS(=O)(=O)NC(CCSC)C(=O)Nc1ccc2c3c(cccc13)CC2. The number of sulfonamides is 1. The van der Waals surface area contributed by atoms with Crippen molar-refractivity contribution in [2.75, 3.05) is 23.1 Å². The molecule has 5 nitrogen and oxygen atoms in total. The highest BCUT2D eigenvalue weighted by molar-refractivity contribution is 7.98. The summed E-state index contributed by atoms with van der Waals surface area (Å²) in [6, 6.07) is 9.35. The van der Waals surface area contributed by atoms with Crippen LogP contribution in [0.15, 0.2) is 30.3 Å². The second kappa shape index (κ2) is 7.98. The number of thioether (sulfide) groups is 1. The Kier molecular flexibility index (Phi) is 5.89. The van der Waals surface area contributed by atoms with Gasteiger partial charge in [-0.3, -0.25) is 4.79 Å². The fourth-order valence-corrected chi connectivity index (χ4v) is 4.65. The van der Waals surface area contributed by atoms with Crippen LogP contribution < -0.4 is 10.0 Å². The third-order valence-electron chi connectivity index (χ3n) is 4.76. The molecule has 26 heavy (non-hydrogen) atoms. The smallest absolute Gasteiger partial charge is 0.242 e. The van der Waals surface area contributed by atoms with Crippen LogP contribution in [0.2, 0.25) is 0 Å².